The monoisotopic (exact) mass is 427 g/mol. The Morgan fingerprint density at radius 1 is 1.00 bits per heavy atom. The molecule has 0 N–H and O–H groups in total. The fourth-order valence-corrected chi connectivity index (χ4v) is 5.28. The topological polar surface area (TPSA) is 72.9 Å². The molecule has 0 saturated heterocycles. The summed E-state index contributed by atoms with van der Waals surface area (Å²) < 4.78 is 51.7. The first-order valence-electron chi connectivity index (χ1n) is 9.12. The van der Waals surface area contributed by atoms with Gasteiger partial charge in [-0.3, -0.25) is 4.31 Å². The lowest BCUT2D eigenvalue weighted by molar-refractivity contribution is 0.121. The fourth-order valence-electron chi connectivity index (χ4n) is 3.62. The number of carbonyl (C=O) groups is 1. The van der Waals surface area contributed by atoms with Gasteiger partial charge in [-0.15, -0.1) is 0 Å². The largest absolute Gasteiger partial charge is 0.513 e. The van der Waals surface area contributed by atoms with Crippen LogP contribution in [0.1, 0.15) is 18.5 Å². The summed E-state index contributed by atoms with van der Waals surface area (Å²) >= 11 is 0. The van der Waals surface area contributed by atoms with Crippen molar-refractivity contribution in [3.63, 3.8) is 0 Å². The molecule has 0 spiro atoms. The van der Waals surface area contributed by atoms with E-state index in [0.29, 0.717) is 16.8 Å². The van der Waals surface area contributed by atoms with Crippen LogP contribution in [-0.2, 0) is 14.8 Å². The number of para-hydroxylation sites is 1. The van der Waals surface area contributed by atoms with Crippen LogP contribution in [0.25, 0.3) is 11.1 Å². The number of hydrogen-bond donors (Lipinski definition) is 0. The molecule has 3 aromatic rings. The fraction of sp³-hybridized carbons (Fsp3) is 0.136. The maximum Gasteiger partial charge on any atom is 0.513 e. The third-order valence-corrected chi connectivity index (χ3v) is 6.89. The van der Waals surface area contributed by atoms with Gasteiger partial charge in [-0.1, -0.05) is 24.3 Å². The van der Waals surface area contributed by atoms with Gasteiger partial charge in [0.25, 0.3) is 10.0 Å². The Morgan fingerprint density at radius 2 is 1.70 bits per heavy atom. The number of sulfonamides is 1. The van der Waals surface area contributed by atoms with Crippen LogP contribution < -0.4 is 9.04 Å². The quantitative estimate of drug-likeness (QED) is 0.439. The normalized spacial score (nSPS) is 15.2. The molecule has 0 unspecified atom stereocenters. The van der Waals surface area contributed by atoms with Gasteiger partial charge < -0.3 is 9.47 Å². The van der Waals surface area contributed by atoms with Gasteiger partial charge >= 0.3 is 6.16 Å². The Bertz CT molecular complexity index is 1220. The summed E-state index contributed by atoms with van der Waals surface area (Å²) in [7, 11) is -2.81. The lowest BCUT2D eigenvalue weighted by Crippen LogP contribution is -2.36. The van der Waals surface area contributed by atoms with Crippen LogP contribution >= 0.6 is 0 Å². The molecule has 6 nitrogen and oxygen atoms in total. The molecule has 0 bridgehead atoms. The standard InChI is InChI=1S/C22H18FNO5S/c1-14-20-13-15(23)7-12-18(20)19-5-3-4-6-21(19)24(14)30(26,27)17-10-8-16(9-11-17)29-22(25)28-2/h3-14H,1-2H3/t14-/m0/s1. The van der Waals surface area contributed by atoms with E-state index in [4.69, 9.17) is 4.74 Å². The summed E-state index contributed by atoms with van der Waals surface area (Å²) in [6.45, 7) is 1.72. The lowest BCUT2D eigenvalue weighted by Gasteiger charge is -2.37. The van der Waals surface area contributed by atoms with Crippen LogP contribution in [-0.4, -0.2) is 21.7 Å². The third kappa shape index (κ3) is 3.29. The number of hydrogen-bond acceptors (Lipinski definition) is 5. The lowest BCUT2D eigenvalue weighted by atomic mass is 9.90. The van der Waals surface area contributed by atoms with Gasteiger partial charge in [0, 0.05) is 5.56 Å². The first-order valence-corrected chi connectivity index (χ1v) is 10.6. The SMILES string of the molecule is COC(=O)Oc1ccc(S(=O)(=O)N2c3ccccc3-c3ccc(F)cc3[C@@H]2C)cc1. The zero-order chi connectivity index (χ0) is 21.5. The van der Waals surface area contributed by atoms with Crippen LogP contribution in [0.4, 0.5) is 14.9 Å². The first kappa shape index (κ1) is 19.9. The minimum atomic E-state index is -3.99. The highest BCUT2D eigenvalue weighted by molar-refractivity contribution is 7.92. The number of benzene rings is 3. The van der Waals surface area contributed by atoms with E-state index < -0.39 is 28.0 Å². The van der Waals surface area contributed by atoms with Crippen molar-refractivity contribution < 1.29 is 27.1 Å². The molecule has 1 heterocycles. The summed E-state index contributed by atoms with van der Waals surface area (Å²) in [5, 5.41) is 0. The number of fused-ring (bicyclic) bond motifs is 3. The molecule has 0 aromatic heterocycles. The number of rotatable bonds is 3. The summed E-state index contributed by atoms with van der Waals surface area (Å²) in [4.78, 5) is 11.2. The van der Waals surface area contributed by atoms with Crippen molar-refractivity contribution in [1.29, 1.82) is 0 Å². The zero-order valence-corrected chi connectivity index (χ0v) is 17.0. The second-order valence-electron chi connectivity index (χ2n) is 6.75. The molecule has 4 rings (SSSR count). The van der Waals surface area contributed by atoms with Crippen LogP contribution in [0.2, 0.25) is 0 Å². The number of ether oxygens (including phenoxy) is 2. The molecule has 1 atom stereocenters. The number of methoxy groups -OCH3 is 1. The van der Waals surface area contributed by atoms with Crippen molar-refractivity contribution in [2.75, 3.05) is 11.4 Å². The first-order chi connectivity index (χ1) is 14.3. The number of halogens is 1. The summed E-state index contributed by atoms with van der Waals surface area (Å²) in [5.74, 6) is -0.276. The molecule has 0 saturated carbocycles. The second kappa shape index (κ2) is 7.46. The molecular weight excluding hydrogens is 409 g/mol. The zero-order valence-electron chi connectivity index (χ0n) is 16.2. The van der Waals surface area contributed by atoms with Gasteiger partial charge in [-0.25, -0.2) is 17.6 Å². The van der Waals surface area contributed by atoms with Crippen molar-refractivity contribution >= 4 is 21.9 Å². The van der Waals surface area contributed by atoms with E-state index in [0.717, 1.165) is 5.56 Å². The van der Waals surface area contributed by atoms with Crippen molar-refractivity contribution in [3.8, 4) is 16.9 Å². The minimum absolute atomic E-state index is 0.0150. The van der Waals surface area contributed by atoms with Gasteiger partial charge in [-0.2, -0.15) is 0 Å². The van der Waals surface area contributed by atoms with Crippen molar-refractivity contribution in [2.45, 2.75) is 17.9 Å². The van der Waals surface area contributed by atoms with E-state index in [1.54, 1.807) is 25.1 Å². The van der Waals surface area contributed by atoms with E-state index in [-0.39, 0.29) is 10.6 Å². The third-order valence-electron chi connectivity index (χ3n) is 5.00. The van der Waals surface area contributed by atoms with E-state index in [9.17, 15) is 17.6 Å². The Kier molecular flexibility index (Phi) is 4.95. The smallest absolute Gasteiger partial charge is 0.437 e. The molecule has 0 aliphatic carbocycles. The van der Waals surface area contributed by atoms with Crippen LogP contribution in [0.3, 0.4) is 0 Å². The molecule has 1 aliphatic rings. The van der Waals surface area contributed by atoms with Crippen LogP contribution in [0, 0.1) is 5.82 Å². The molecular formula is C22H18FNO5S. The summed E-state index contributed by atoms with van der Waals surface area (Å²) in [6, 6.07) is 16.3. The minimum Gasteiger partial charge on any atom is -0.437 e. The molecule has 0 amide bonds. The maximum absolute atomic E-state index is 13.9. The average molecular weight is 427 g/mol. The number of carbonyl (C=O) groups excluding carboxylic acids is 1. The van der Waals surface area contributed by atoms with E-state index in [2.05, 4.69) is 4.74 Å². The highest BCUT2D eigenvalue weighted by atomic mass is 32.2. The molecule has 0 fully saturated rings. The number of nitrogens with zero attached hydrogens (tertiary/aromatic N) is 1. The van der Waals surface area contributed by atoms with E-state index >= 15 is 0 Å². The Hall–Kier alpha value is -3.39. The van der Waals surface area contributed by atoms with E-state index in [1.807, 2.05) is 12.1 Å². The van der Waals surface area contributed by atoms with Crippen LogP contribution in [0.15, 0.2) is 71.6 Å². The van der Waals surface area contributed by atoms with Gasteiger partial charge in [0.15, 0.2) is 0 Å². The Labute approximate surface area is 173 Å². The van der Waals surface area contributed by atoms with Crippen molar-refractivity contribution in [1.82, 2.24) is 0 Å². The molecule has 8 heteroatoms. The summed E-state index contributed by atoms with van der Waals surface area (Å²) in [5.41, 5.74) is 2.61. The molecule has 154 valence electrons. The van der Waals surface area contributed by atoms with Gasteiger partial charge in [0.1, 0.15) is 11.6 Å². The highest BCUT2D eigenvalue weighted by Gasteiger charge is 2.36. The predicted molar refractivity (Wildman–Crippen MR) is 109 cm³/mol. The van der Waals surface area contributed by atoms with E-state index in [1.165, 1.54) is 47.8 Å². The molecule has 3 aromatic carbocycles. The highest BCUT2D eigenvalue weighted by Crippen LogP contribution is 2.47. The number of anilines is 1. The van der Waals surface area contributed by atoms with Crippen LogP contribution in [0.5, 0.6) is 5.75 Å². The second-order valence-corrected chi connectivity index (χ2v) is 8.57. The molecule has 30 heavy (non-hydrogen) atoms. The Balaban J connectivity index is 1.80. The summed E-state index contributed by atoms with van der Waals surface area (Å²) in [6.07, 6.45) is -0.900. The van der Waals surface area contributed by atoms with Gasteiger partial charge in [-0.05, 0) is 60.5 Å². The molecule has 1 aliphatic heterocycles. The van der Waals surface area contributed by atoms with Crippen molar-refractivity contribution in [2.24, 2.45) is 0 Å². The van der Waals surface area contributed by atoms with Crippen molar-refractivity contribution in [3.05, 3.63) is 78.1 Å². The predicted octanol–water partition coefficient (Wildman–Crippen LogP) is 4.91. The van der Waals surface area contributed by atoms with Gasteiger partial charge in [0.05, 0.1) is 23.7 Å². The average Bonchev–Trinajstić information content (AvgIpc) is 2.74. The Morgan fingerprint density at radius 3 is 2.40 bits per heavy atom. The maximum atomic E-state index is 13.9. The molecule has 0 radical (unpaired) electrons. The van der Waals surface area contributed by atoms with Gasteiger partial charge in [0.2, 0.25) is 0 Å².